The van der Waals surface area contributed by atoms with Gasteiger partial charge in [-0.1, -0.05) is 13.8 Å². The zero-order valence-corrected chi connectivity index (χ0v) is 17.7. The highest BCUT2D eigenvalue weighted by Gasteiger charge is 2.49. The van der Waals surface area contributed by atoms with E-state index in [1.165, 1.54) is 15.8 Å². The van der Waals surface area contributed by atoms with Crippen LogP contribution in [-0.2, 0) is 0 Å². The number of nitrogens with zero attached hydrogens (tertiary/aromatic N) is 2. The summed E-state index contributed by atoms with van der Waals surface area (Å²) in [5.74, 6) is 0.548. The van der Waals surface area contributed by atoms with Crippen molar-refractivity contribution >= 4 is 27.5 Å². The van der Waals surface area contributed by atoms with Gasteiger partial charge in [-0.05, 0) is 43.5 Å². The van der Waals surface area contributed by atoms with Crippen LogP contribution in [0.4, 0.5) is 0 Å². The first-order chi connectivity index (χ1) is 13.3. The summed E-state index contributed by atoms with van der Waals surface area (Å²) in [6.07, 6.45) is 0. The molecular formula is C22H26N4OS. The van der Waals surface area contributed by atoms with Crippen molar-refractivity contribution < 1.29 is 4.79 Å². The molecule has 0 bridgehead atoms. The lowest BCUT2D eigenvalue weighted by Crippen LogP contribution is -2.71. The highest BCUT2D eigenvalue weighted by molar-refractivity contribution is 7.21. The summed E-state index contributed by atoms with van der Waals surface area (Å²) in [5.41, 5.74) is 7.11. The van der Waals surface area contributed by atoms with Gasteiger partial charge < -0.3 is 15.2 Å². The average Bonchev–Trinajstić information content (AvgIpc) is 3.07. The zero-order chi connectivity index (χ0) is 19.6. The Bertz CT molecular complexity index is 1060. The molecule has 2 aliphatic heterocycles. The van der Waals surface area contributed by atoms with Crippen molar-refractivity contribution in [3.05, 3.63) is 40.0 Å². The van der Waals surface area contributed by atoms with E-state index in [9.17, 15) is 4.79 Å². The predicted molar refractivity (Wildman–Crippen MR) is 114 cm³/mol. The van der Waals surface area contributed by atoms with Crippen LogP contribution in [0.3, 0.4) is 0 Å². The third-order valence-electron chi connectivity index (χ3n) is 6.00. The number of H-pyrrole nitrogens is 1. The summed E-state index contributed by atoms with van der Waals surface area (Å²) in [7, 11) is 0. The molecule has 2 N–H and O–H groups in total. The maximum absolute atomic E-state index is 12.9. The monoisotopic (exact) mass is 394 g/mol. The highest BCUT2D eigenvalue weighted by atomic mass is 32.1. The van der Waals surface area contributed by atoms with Gasteiger partial charge in [0.15, 0.2) is 0 Å². The number of thiophene rings is 1. The molecule has 2 aliphatic rings. The summed E-state index contributed by atoms with van der Waals surface area (Å²) < 4.78 is 1.21. The van der Waals surface area contributed by atoms with Crippen LogP contribution in [0.2, 0.25) is 0 Å². The first-order valence-electron chi connectivity index (χ1n) is 9.96. The first-order valence-corrected chi connectivity index (χ1v) is 10.8. The Morgan fingerprint density at radius 3 is 2.43 bits per heavy atom. The van der Waals surface area contributed by atoms with Gasteiger partial charge in [0.25, 0.3) is 5.91 Å². The number of carbonyl (C=O) groups excluding carboxylic acids is 1. The van der Waals surface area contributed by atoms with Crippen LogP contribution in [0.5, 0.6) is 0 Å². The number of amides is 1. The molecule has 1 spiro atoms. The number of nitrogens with one attached hydrogen (secondary N) is 2. The van der Waals surface area contributed by atoms with Gasteiger partial charge in [0.2, 0.25) is 0 Å². The molecule has 146 valence electrons. The molecule has 0 aliphatic carbocycles. The van der Waals surface area contributed by atoms with E-state index in [0.717, 1.165) is 53.7 Å². The molecule has 2 saturated heterocycles. The lowest BCUT2D eigenvalue weighted by molar-refractivity contribution is -0.0245. The maximum Gasteiger partial charge on any atom is 0.264 e. The molecule has 28 heavy (non-hydrogen) atoms. The third kappa shape index (κ3) is 2.70. The number of fused-ring (bicyclic) bond motifs is 1. The Kier molecular flexibility index (Phi) is 3.93. The number of likely N-dealkylation sites (tertiary alicyclic amines) is 1. The number of hydrogen-bond donors (Lipinski definition) is 2. The molecule has 0 unspecified atom stereocenters. The van der Waals surface area contributed by atoms with Gasteiger partial charge >= 0.3 is 0 Å². The van der Waals surface area contributed by atoms with E-state index in [1.54, 1.807) is 11.3 Å². The van der Waals surface area contributed by atoms with Gasteiger partial charge in [-0.15, -0.1) is 11.3 Å². The molecule has 0 radical (unpaired) electrons. The maximum atomic E-state index is 12.9. The molecule has 0 atom stereocenters. The van der Waals surface area contributed by atoms with Gasteiger partial charge in [-0.2, -0.15) is 0 Å². The third-order valence-corrected chi connectivity index (χ3v) is 7.16. The molecular weight excluding hydrogens is 368 g/mol. The molecule has 2 fully saturated rings. The van der Waals surface area contributed by atoms with Gasteiger partial charge in [0.1, 0.15) is 0 Å². The Morgan fingerprint density at radius 2 is 1.86 bits per heavy atom. The second-order valence-corrected chi connectivity index (χ2v) is 9.88. The predicted octanol–water partition coefficient (Wildman–Crippen LogP) is 4.08. The van der Waals surface area contributed by atoms with E-state index >= 15 is 0 Å². The molecule has 5 heterocycles. The zero-order valence-electron chi connectivity index (χ0n) is 16.8. The molecule has 5 nitrogen and oxygen atoms in total. The minimum Gasteiger partial charge on any atom is -0.354 e. The molecule has 1 amide bonds. The van der Waals surface area contributed by atoms with Gasteiger partial charge in [-0.25, -0.2) is 0 Å². The Labute approximate surface area is 169 Å². The van der Waals surface area contributed by atoms with Crippen molar-refractivity contribution in [3.8, 4) is 11.3 Å². The van der Waals surface area contributed by atoms with Crippen LogP contribution in [0.15, 0.2) is 18.2 Å². The molecule has 6 heteroatoms. The van der Waals surface area contributed by atoms with Crippen LogP contribution in [0.1, 0.15) is 46.4 Å². The molecule has 3 aromatic heterocycles. The Morgan fingerprint density at radius 1 is 1.18 bits per heavy atom. The van der Waals surface area contributed by atoms with E-state index in [2.05, 4.69) is 41.3 Å². The fourth-order valence-electron chi connectivity index (χ4n) is 4.63. The number of rotatable bonds is 3. The lowest BCUT2D eigenvalue weighted by Gasteiger charge is -2.55. The Hall–Kier alpha value is -2.18. The van der Waals surface area contributed by atoms with Crippen LogP contribution >= 0.6 is 11.3 Å². The lowest BCUT2D eigenvalue weighted by atomic mass is 9.74. The number of carbonyl (C=O) groups is 1. The van der Waals surface area contributed by atoms with E-state index < -0.39 is 0 Å². The summed E-state index contributed by atoms with van der Waals surface area (Å²) >= 11 is 1.63. The second kappa shape index (κ2) is 6.16. The fraction of sp³-hybridized carbons (Fsp3) is 0.455. The summed E-state index contributed by atoms with van der Waals surface area (Å²) in [6.45, 7) is 12.4. The first kappa shape index (κ1) is 17.9. The topological polar surface area (TPSA) is 61.0 Å². The summed E-state index contributed by atoms with van der Waals surface area (Å²) in [5, 5.41) is 3.33. The minimum atomic E-state index is 0.180. The van der Waals surface area contributed by atoms with Crippen LogP contribution in [-0.4, -0.2) is 47.0 Å². The molecule has 3 aromatic rings. The number of pyridine rings is 1. The van der Waals surface area contributed by atoms with Crippen molar-refractivity contribution in [1.29, 1.82) is 0 Å². The molecule has 0 saturated carbocycles. The fourth-order valence-corrected chi connectivity index (χ4v) is 5.91. The van der Waals surface area contributed by atoms with E-state index in [-0.39, 0.29) is 5.91 Å². The standard InChI is InChI=1S/C22H26N4OS/c1-12(2)18-19(15-5-13(3)24-14(4)6-15)25-16-7-17(28-20(16)18)21(27)26-10-22(11-26)8-23-9-22/h5-7,12,23,25H,8-11H2,1-4H3. The van der Waals surface area contributed by atoms with Crippen molar-refractivity contribution in [2.24, 2.45) is 5.41 Å². The van der Waals surface area contributed by atoms with E-state index in [4.69, 9.17) is 0 Å². The number of aromatic nitrogens is 2. The molecule has 5 rings (SSSR count). The van der Waals surface area contributed by atoms with Crippen LogP contribution in [0.25, 0.3) is 21.5 Å². The van der Waals surface area contributed by atoms with Crippen molar-refractivity contribution in [2.75, 3.05) is 26.2 Å². The van der Waals surface area contributed by atoms with E-state index in [0.29, 0.717) is 11.3 Å². The minimum absolute atomic E-state index is 0.180. The van der Waals surface area contributed by atoms with Gasteiger partial charge in [0.05, 0.1) is 20.8 Å². The average molecular weight is 395 g/mol. The highest BCUT2D eigenvalue weighted by Crippen LogP contribution is 2.41. The SMILES string of the molecule is Cc1cc(-c2[nH]c3cc(C(=O)N4CC5(CNC5)C4)sc3c2C(C)C)cc(C)n1. The van der Waals surface area contributed by atoms with Gasteiger partial charge in [0, 0.05) is 48.5 Å². The summed E-state index contributed by atoms with van der Waals surface area (Å²) in [4.78, 5) is 23.9. The van der Waals surface area contributed by atoms with Crippen molar-refractivity contribution in [3.63, 3.8) is 0 Å². The van der Waals surface area contributed by atoms with Crippen LogP contribution < -0.4 is 5.32 Å². The number of aryl methyl sites for hydroxylation is 2. The van der Waals surface area contributed by atoms with Gasteiger partial charge in [-0.3, -0.25) is 9.78 Å². The normalized spacial score (nSPS) is 18.0. The molecule has 0 aromatic carbocycles. The smallest absolute Gasteiger partial charge is 0.264 e. The van der Waals surface area contributed by atoms with Crippen LogP contribution in [0, 0.1) is 19.3 Å². The summed E-state index contributed by atoms with van der Waals surface area (Å²) in [6, 6.07) is 6.31. The van der Waals surface area contributed by atoms with Crippen molar-refractivity contribution in [1.82, 2.24) is 20.2 Å². The van der Waals surface area contributed by atoms with Crippen molar-refractivity contribution in [2.45, 2.75) is 33.6 Å². The van der Waals surface area contributed by atoms with E-state index in [1.807, 2.05) is 24.8 Å². The number of aromatic amines is 1. The Balaban J connectivity index is 1.51. The number of hydrogen-bond acceptors (Lipinski definition) is 4. The largest absolute Gasteiger partial charge is 0.354 e. The second-order valence-electron chi connectivity index (χ2n) is 8.83. The quantitative estimate of drug-likeness (QED) is 0.704.